The van der Waals surface area contributed by atoms with Crippen molar-refractivity contribution in [2.24, 2.45) is 17.3 Å². The molecule has 2 saturated heterocycles. The second kappa shape index (κ2) is 14.4. The molecule has 1 aliphatic carbocycles. The standard InChI is InChI=1S/C14H15NO4S.C7H14.C6H11NO/c1-10(2)4-5-11-8-12(15(9-17)6-7-16)13(20-11)14(18)19-3;1-7-5-3-2-4-6-7;1-7-2-6(3-7)4-8-5-6/h7-10H,6H2,1-3H3;7H,2-6H2,1H3;2-5H2,1H3. The van der Waals surface area contributed by atoms with Crippen molar-refractivity contribution >= 4 is 35.7 Å². The van der Waals surface area contributed by atoms with E-state index in [1.165, 1.54) is 52.3 Å². The fourth-order valence-corrected chi connectivity index (χ4v) is 5.32. The molecule has 194 valence electrons. The van der Waals surface area contributed by atoms with Crippen molar-refractivity contribution in [1.82, 2.24) is 4.90 Å². The van der Waals surface area contributed by atoms with Crippen molar-refractivity contribution in [2.45, 2.75) is 52.9 Å². The zero-order chi connectivity index (χ0) is 25.8. The van der Waals surface area contributed by atoms with E-state index in [9.17, 15) is 14.4 Å². The minimum absolute atomic E-state index is 0.124. The van der Waals surface area contributed by atoms with Crippen molar-refractivity contribution in [3.8, 4) is 11.8 Å². The number of hydrogen-bond donors (Lipinski definition) is 0. The summed E-state index contributed by atoms with van der Waals surface area (Å²) in [5, 5.41) is 0. The molecule has 0 unspecified atom stereocenters. The lowest BCUT2D eigenvalue weighted by Crippen LogP contribution is -2.64. The Balaban J connectivity index is 0.000000230. The van der Waals surface area contributed by atoms with Crippen molar-refractivity contribution in [3.63, 3.8) is 0 Å². The normalized spacial score (nSPS) is 18.3. The van der Waals surface area contributed by atoms with Crippen LogP contribution in [0, 0.1) is 29.1 Å². The lowest BCUT2D eigenvalue weighted by molar-refractivity contribution is -0.182. The van der Waals surface area contributed by atoms with Crippen LogP contribution >= 0.6 is 11.3 Å². The SMILES string of the molecule is CC1CCCCC1.CN1CC2(COC2)C1.COC(=O)c1sc(C#CC(C)C)cc1N(C=O)CC=O. The Hall–Kier alpha value is -2.21. The Morgan fingerprint density at radius 3 is 2.31 bits per heavy atom. The largest absolute Gasteiger partial charge is 0.465 e. The van der Waals surface area contributed by atoms with E-state index in [0.29, 0.717) is 28.7 Å². The molecule has 1 aromatic rings. The average molecular weight is 505 g/mol. The van der Waals surface area contributed by atoms with Gasteiger partial charge in [-0.15, -0.1) is 11.3 Å². The van der Waals surface area contributed by atoms with E-state index < -0.39 is 5.97 Å². The first-order valence-electron chi connectivity index (χ1n) is 12.4. The number of likely N-dealkylation sites (tertiary alicyclic amines) is 1. The summed E-state index contributed by atoms with van der Waals surface area (Å²) in [6.07, 6.45) is 8.53. The Morgan fingerprint density at radius 2 is 1.94 bits per heavy atom. The van der Waals surface area contributed by atoms with Crippen LogP contribution in [0.15, 0.2) is 6.07 Å². The van der Waals surface area contributed by atoms with Gasteiger partial charge in [0.25, 0.3) is 0 Å². The van der Waals surface area contributed by atoms with Crippen molar-refractivity contribution in [3.05, 3.63) is 15.8 Å². The second-order valence-corrected chi connectivity index (χ2v) is 11.1. The zero-order valence-electron chi connectivity index (χ0n) is 21.8. The Kier molecular flexibility index (Phi) is 11.9. The van der Waals surface area contributed by atoms with Gasteiger partial charge in [0.15, 0.2) is 0 Å². The van der Waals surface area contributed by atoms with Gasteiger partial charge in [0, 0.05) is 24.4 Å². The molecule has 1 amide bonds. The van der Waals surface area contributed by atoms with Crippen LogP contribution in [-0.2, 0) is 19.1 Å². The van der Waals surface area contributed by atoms with Crippen LogP contribution in [0.1, 0.15) is 67.4 Å². The summed E-state index contributed by atoms with van der Waals surface area (Å²) in [4.78, 5) is 37.7. The maximum atomic E-state index is 11.7. The van der Waals surface area contributed by atoms with Gasteiger partial charge in [-0.3, -0.25) is 4.79 Å². The maximum Gasteiger partial charge on any atom is 0.350 e. The number of ether oxygens (including phenoxy) is 2. The molecule has 8 heteroatoms. The summed E-state index contributed by atoms with van der Waals surface area (Å²) in [6.45, 7) is 10.7. The van der Waals surface area contributed by atoms with Gasteiger partial charge in [-0.1, -0.05) is 64.7 Å². The van der Waals surface area contributed by atoms with E-state index in [1.54, 1.807) is 6.07 Å². The summed E-state index contributed by atoms with van der Waals surface area (Å²) in [5.41, 5.74) is 0.964. The topological polar surface area (TPSA) is 76.2 Å². The highest BCUT2D eigenvalue weighted by Gasteiger charge is 2.47. The molecule has 2 aliphatic heterocycles. The first-order chi connectivity index (χ1) is 16.7. The quantitative estimate of drug-likeness (QED) is 0.339. The highest BCUT2D eigenvalue weighted by Crippen LogP contribution is 2.36. The zero-order valence-corrected chi connectivity index (χ0v) is 22.6. The van der Waals surface area contributed by atoms with Crippen LogP contribution in [0.5, 0.6) is 0 Å². The molecule has 1 saturated carbocycles. The average Bonchev–Trinajstić information content (AvgIpc) is 3.23. The van der Waals surface area contributed by atoms with E-state index in [0.717, 1.165) is 35.4 Å². The summed E-state index contributed by atoms with van der Waals surface area (Å²) >= 11 is 1.14. The molecule has 0 atom stereocenters. The summed E-state index contributed by atoms with van der Waals surface area (Å²) in [7, 11) is 3.42. The highest BCUT2D eigenvalue weighted by molar-refractivity contribution is 7.15. The van der Waals surface area contributed by atoms with Gasteiger partial charge in [-0.2, -0.15) is 0 Å². The van der Waals surface area contributed by atoms with Gasteiger partial charge in [0.2, 0.25) is 6.41 Å². The number of nitrogens with zero attached hydrogens (tertiary/aromatic N) is 2. The Labute approximate surface area is 214 Å². The molecular weight excluding hydrogens is 464 g/mol. The second-order valence-electron chi connectivity index (χ2n) is 10.1. The number of anilines is 1. The molecular formula is C27H40N2O5S. The van der Waals surface area contributed by atoms with Gasteiger partial charge < -0.3 is 24.1 Å². The number of amides is 1. The fourth-order valence-electron chi connectivity index (χ4n) is 4.37. The smallest absolute Gasteiger partial charge is 0.350 e. The van der Waals surface area contributed by atoms with E-state index in [-0.39, 0.29) is 17.3 Å². The van der Waals surface area contributed by atoms with Gasteiger partial charge in [0.05, 0.1) is 37.4 Å². The number of thiophene rings is 1. The fraction of sp³-hybridized carbons (Fsp3) is 0.667. The van der Waals surface area contributed by atoms with Gasteiger partial charge in [-0.25, -0.2) is 4.79 Å². The lowest BCUT2D eigenvalue weighted by Gasteiger charge is -2.53. The minimum atomic E-state index is -0.555. The van der Waals surface area contributed by atoms with Crippen LogP contribution in [0.3, 0.4) is 0 Å². The number of carbonyl (C=O) groups is 3. The molecule has 0 aromatic carbocycles. The first-order valence-corrected chi connectivity index (χ1v) is 13.2. The van der Waals surface area contributed by atoms with Gasteiger partial charge in [-0.05, 0) is 19.0 Å². The summed E-state index contributed by atoms with van der Waals surface area (Å²) in [6, 6.07) is 1.62. The van der Waals surface area contributed by atoms with Crippen molar-refractivity contribution < 1.29 is 23.9 Å². The van der Waals surface area contributed by atoms with Gasteiger partial charge >= 0.3 is 5.97 Å². The number of hydrogen-bond acceptors (Lipinski definition) is 7. The molecule has 0 radical (unpaired) electrons. The molecule has 0 N–H and O–H groups in total. The predicted molar refractivity (Wildman–Crippen MR) is 140 cm³/mol. The third-order valence-corrected chi connectivity index (χ3v) is 7.22. The van der Waals surface area contributed by atoms with E-state index >= 15 is 0 Å². The van der Waals surface area contributed by atoms with Crippen molar-refractivity contribution in [2.75, 3.05) is 51.9 Å². The number of carbonyl (C=O) groups excluding carboxylic acids is 3. The highest BCUT2D eigenvalue weighted by atomic mass is 32.1. The van der Waals surface area contributed by atoms with Crippen LogP contribution in [0.2, 0.25) is 0 Å². The third kappa shape index (κ3) is 9.06. The van der Waals surface area contributed by atoms with E-state index in [4.69, 9.17) is 4.74 Å². The van der Waals surface area contributed by atoms with Crippen LogP contribution < -0.4 is 4.90 Å². The number of esters is 1. The molecule has 7 nitrogen and oxygen atoms in total. The Morgan fingerprint density at radius 1 is 1.29 bits per heavy atom. The first kappa shape index (κ1) is 29.0. The van der Waals surface area contributed by atoms with E-state index in [2.05, 4.69) is 35.4 Å². The molecule has 0 bridgehead atoms. The molecule has 4 rings (SSSR count). The molecule has 3 aliphatic rings. The minimum Gasteiger partial charge on any atom is -0.465 e. The molecule has 3 fully saturated rings. The predicted octanol–water partition coefficient (Wildman–Crippen LogP) is 4.24. The Bertz CT molecular complexity index is 883. The maximum absolute atomic E-state index is 11.7. The third-order valence-electron chi connectivity index (χ3n) is 6.20. The number of methoxy groups -OCH3 is 1. The molecule has 1 aromatic heterocycles. The summed E-state index contributed by atoms with van der Waals surface area (Å²) < 4.78 is 9.78. The van der Waals surface area contributed by atoms with Crippen LogP contribution in [0.25, 0.3) is 0 Å². The molecule has 35 heavy (non-hydrogen) atoms. The number of aldehydes is 1. The van der Waals surface area contributed by atoms with E-state index in [1.807, 2.05) is 13.8 Å². The molecule has 3 heterocycles. The number of rotatable bonds is 5. The molecule has 1 spiro atoms. The van der Waals surface area contributed by atoms with Crippen LogP contribution in [0.4, 0.5) is 5.69 Å². The monoisotopic (exact) mass is 504 g/mol. The van der Waals surface area contributed by atoms with Crippen LogP contribution in [-0.4, -0.2) is 70.6 Å². The van der Waals surface area contributed by atoms with Crippen molar-refractivity contribution in [1.29, 1.82) is 0 Å². The van der Waals surface area contributed by atoms with Gasteiger partial charge in [0.1, 0.15) is 11.2 Å². The lowest BCUT2D eigenvalue weighted by atomic mass is 9.79. The summed E-state index contributed by atoms with van der Waals surface area (Å²) in [5.74, 6) is 6.59.